The summed E-state index contributed by atoms with van der Waals surface area (Å²) in [7, 11) is 2.13. The van der Waals surface area contributed by atoms with Gasteiger partial charge in [-0.25, -0.2) is 14.5 Å². The van der Waals surface area contributed by atoms with Gasteiger partial charge in [-0.3, -0.25) is 0 Å². The number of benzene rings is 2. The van der Waals surface area contributed by atoms with Crippen LogP contribution in [0.3, 0.4) is 0 Å². The summed E-state index contributed by atoms with van der Waals surface area (Å²) in [6, 6.07) is 13.4. The summed E-state index contributed by atoms with van der Waals surface area (Å²) in [5, 5.41) is 2.45. The lowest BCUT2D eigenvalue weighted by molar-refractivity contribution is -0.659. The van der Waals surface area contributed by atoms with Gasteiger partial charge >= 0.3 is 0 Å². The average Bonchev–Trinajstić information content (AvgIpc) is 2.69. The maximum Gasteiger partial charge on any atom is 0.213 e. The number of hydrogen-bond acceptors (Lipinski definition) is 2. The first-order chi connectivity index (χ1) is 14.6. The molecule has 0 aliphatic rings. The Hall–Kier alpha value is -3.07. The van der Waals surface area contributed by atoms with Gasteiger partial charge in [0.25, 0.3) is 0 Å². The van der Waals surface area contributed by atoms with E-state index in [1.165, 1.54) is 38.7 Å². The molecule has 4 rings (SSSR count). The molecule has 4 aromatic rings. The minimum Gasteiger partial charge on any atom is -0.241 e. The third kappa shape index (κ3) is 4.51. The second-order valence-corrected chi connectivity index (χ2v) is 9.99. The number of pyridine rings is 1. The van der Waals surface area contributed by atoms with E-state index in [1.807, 2.05) is 12.4 Å². The summed E-state index contributed by atoms with van der Waals surface area (Å²) in [6.45, 7) is 13.2. The molecule has 2 heterocycles. The number of fused-ring (bicyclic) bond motifs is 1. The van der Waals surface area contributed by atoms with Gasteiger partial charge in [0, 0.05) is 41.4 Å². The molecule has 3 heteroatoms. The van der Waals surface area contributed by atoms with Crippen LogP contribution in [0.15, 0.2) is 55.0 Å². The molecule has 0 unspecified atom stereocenters. The van der Waals surface area contributed by atoms with E-state index < -0.39 is 0 Å². The molecule has 0 saturated heterocycles. The van der Waals surface area contributed by atoms with E-state index in [0.29, 0.717) is 0 Å². The van der Waals surface area contributed by atoms with Gasteiger partial charge in [-0.15, -0.1) is 0 Å². The van der Waals surface area contributed by atoms with Crippen molar-refractivity contribution in [3.63, 3.8) is 0 Å². The van der Waals surface area contributed by atoms with Gasteiger partial charge in [0.1, 0.15) is 12.9 Å². The summed E-state index contributed by atoms with van der Waals surface area (Å²) in [4.78, 5) is 9.23. The van der Waals surface area contributed by atoms with E-state index in [9.17, 15) is 0 Å². The number of nitrogens with zero attached hydrogens (tertiary/aromatic N) is 3. The molecule has 31 heavy (non-hydrogen) atoms. The molecule has 2 aromatic heterocycles. The SMILES string of the molecule is Cc1cc(C)c(C)c(-c2cc3cc(-c4cnc(CC(C)(C)C)nc4)ccc3c[n+]2C)c1. The van der Waals surface area contributed by atoms with Crippen molar-refractivity contribution in [3.8, 4) is 22.4 Å². The highest BCUT2D eigenvalue weighted by molar-refractivity contribution is 5.88. The van der Waals surface area contributed by atoms with Crippen LogP contribution in [0.5, 0.6) is 0 Å². The first kappa shape index (κ1) is 21.2. The van der Waals surface area contributed by atoms with Crippen LogP contribution in [0.25, 0.3) is 33.2 Å². The Kier molecular flexibility index (Phi) is 5.38. The van der Waals surface area contributed by atoms with Crippen molar-refractivity contribution in [1.82, 2.24) is 9.97 Å². The first-order valence-corrected chi connectivity index (χ1v) is 10.9. The Morgan fingerprint density at radius 1 is 0.839 bits per heavy atom. The lowest BCUT2D eigenvalue weighted by Crippen LogP contribution is -2.30. The number of aromatic nitrogens is 3. The highest BCUT2D eigenvalue weighted by Crippen LogP contribution is 2.29. The Balaban J connectivity index is 1.77. The van der Waals surface area contributed by atoms with Crippen molar-refractivity contribution in [2.24, 2.45) is 12.5 Å². The van der Waals surface area contributed by atoms with Crippen LogP contribution in [-0.4, -0.2) is 9.97 Å². The summed E-state index contributed by atoms with van der Waals surface area (Å²) in [5.41, 5.74) is 8.86. The minimum absolute atomic E-state index is 0.183. The molecule has 0 spiro atoms. The molecule has 0 amide bonds. The predicted octanol–water partition coefficient (Wildman–Crippen LogP) is 6.30. The zero-order valence-corrected chi connectivity index (χ0v) is 19.7. The molecule has 158 valence electrons. The molecular weight excluding hydrogens is 378 g/mol. The fourth-order valence-electron chi connectivity index (χ4n) is 4.17. The van der Waals surface area contributed by atoms with E-state index in [-0.39, 0.29) is 5.41 Å². The average molecular weight is 411 g/mol. The lowest BCUT2D eigenvalue weighted by Gasteiger charge is -2.16. The predicted molar refractivity (Wildman–Crippen MR) is 129 cm³/mol. The zero-order valence-electron chi connectivity index (χ0n) is 19.7. The van der Waals surface area contributed by atoms with E-state index in [1.54, 1.807) is 0 Å². The molecule has 0 atom stereocenters. The Bertz CT molecular complexity index is 1260. The van der Waals surface area contributed by atoms with Crippen LogP contribution in [0.4, 0.5) is 0 Å². The second kappa shape index (κ2) is 7.88. The Morgan fingerprint density at radius 2 is 1.55 bits per heavy atom. The van der Waals surface area contributed by atoms with Gasteiger partial charge in [0.15, 0.2) is 6.20 Å². The van der Waals surface area contributed by atoms with Crippen LogP contribution in [0.1, 0.15) is 43.3 Å². The largest absolute Gasteiger partial charge is 0.241 e. The smallest absolute Gasteiger partial charge is 0.213 e. The third-order valence-electron chi connectivity index (χ3n) is 5.91. The number of aryl methyl sites for hydroxylation is 3. The Morgan fingerprint density at radius 3 is 2.23 bits per heavy atom. The number of rotatable bonds is 3. The van der Waals surface area contributed by atoms with E-state index in [2.05, 4.69) is 106 Å². The van der Waals surface area contributed by atoms with Gasteiger partial charge < -0.3 is 0 Å². The lowest BCUT2D eigenvalue weighted by atomic mass is 9.92. The standard InChI is InChI=1S/C28H32N3/c1-18-10-19(2)20(3)25(11-18)26-13-23-12-21(8-9-22(23)17-31(26)7)24-15-29-27(30-16-24)14-28(4,5)6/h8-13,15-17H,14H2,1-7H3/q+1. The molecule has 0 aliphatic carbocycles. The normalized spacial score (nSPS) is 11.8. The molecule has 0 aliphatic heterocycles. The fourth-order valence-corrected chi connectivity index (χ4v) is 4.17. The van der Waals surface area contributed by atoms with Crippen molar-refractivity contribution in [1.29, 1.82) is 0 Å². The van der Waals surface area contributed by atoms with Crippen molar-refractivity contribution in [3.05, 3.63) is 77.5 Å². The highest BCUT2D eigenvalue weighted by Gasteiger charge is 2.17. The summed E-state index contributed by atoms with van der Waals surface area (Å²) < 4.78 is 2.23. The summed E-state index contributed by atoms with van der Waals surface area (Å²) in [6.07, 6.45) is 6.99. The molecule has 0 N–H and O–H groups in total. The van der Waals surface area contributed by atoms with Gasteiger partial charge in [0.2, 0.25) is 5.69 Å². The molecule has 2 aromatic carbocycles. The molecule has 0 bridgehead atoms. The van der Waals surface area contributed by atoms with Gasteiger partial charge in [-0.1, -0.05) is 38.5 Å². The Labute approximate surface area is 185 Å². The van der Waals surface area contributed by atoms with Gasteiger partial charge in [-0.05, 0) is 66.5 Å². The fraction of sp³-hybridized carbons (Fsp3) is 0.321. The maximum atomic E-state index is 4.62. The first-order valence-electron chi connectivity index (χ1n) is 10.9. The maximum absolute atomic E-state index is 4.62. The number of hydrogen-bond donors (Lipinski definition) is 0. The quantitative estimate of drug-likeness (QED) is 0.371. The summed E-state index contributed by atoms with van der Waals surface area (Å²) in [5.74, 6) is 0.900. The minimum atomic E-state index is 0.183. The van der Waals surface area contributed by atoms with Crippen LogP contribution >= 0.6 is 0 Å². The van der Waals surface area contributed by atoms with Gasteiger partial charge in [-0.2, -0.15) is 0 Å². The third-order valence-corrected chi connectivity index (χ3v) is 5.91. The van der Waals surface area contributed by atoms with Crippen molar-refractivity contribution < 1.29 is 4.57 Å². The molecule has 0 radical (unpaired) electrons. The van der Waals surface area contributed by atoms with Crippen LogP contribution in [-0.2, 0) is 13.5 Å². The molecular formula is C28H32N3+. The molecule has 0 fully saturated rings. The topological polar surface area (TPSA) is 29.7 Å². The van der Waals surface area contributed by atoms with Crippen molar-refractivity contribution in [2.45, 2.75) is 48.0 Å². The van der Waals surface area contributed by atoms with Crippen LogP contribution in [0.2, 0.25) is 0 Å². The second-order valence-electron chi connectivity index (χ2n) is 9.99. The van der Waals surface area contributed by atoms with E-state index in [4.69, 9.17) is 0 Å². The van der Waals surface area contributed by atoms with Gasteiger partial charge in [0.05, 0.1) is 0 Å². The van der Waals surface area contributed by atoms with Crippen LogP contribution < -0.4 is 4.57 Å². The molecule has 0 saturated carbocycles. The highest BCUT2D eigenvalue weighted by atomic mass is 14.9. The summed E-state index contributed by atoms with van der Waals surface area (Å²) >= 11 is 0. The van der Waals surface area contributed by atoms with Crippen molar-refractivity contribution >= 4 is 10.8 Å². The van der Waals surface area contributed by atoms with Crippen molar-refractivity contribution in [2.75, 3.05) is 0 Å². The van der Waals surface area contributed by atoms with E-state index >= 15 is 0 Å². The molecule has 3 nitrogen and oxygen atoms in total. The van der Waals surface area contributed by atoms with E-state index in [0.717, 1.165) is 23.4 Å². The monoisotopic (exact) mass is 410 g/mol. The zero-order chi connectivity index (χ0) is 22.3. The van der Waals surface area contributed by atoms with Crippen LogP contribution in [0, 0.1) is 26.2 Å².